The van der Waals surface area contributed by atoms with Crippen molar-refractivity contribution in [3.05, 3.63) is 0 Å². The number of halogens is 3. The van der Waals surface area contributed by atoms with E-state index in [0.29, 0.717) is 45.6 Å². The maximum Gasteiger partial charge on any atom is 0.417 e. The van der Waals surface area contributed by atoms with E-state index < -0.39 is 22.8 Å². The summed E-state index contributed by atoms with van der Waals surface area (Å²) in [5.74, 6) is 0. The van der Waals surface area contributed by atoms with Gasteiger partial charge in [0.2, 0.25) is 0 Å². The van der Waals surface area contributed by atoms with Crippen molar-refractivity contribution in [3.63, 3.8) is 0 Å². The molecule has 2 atom stereocenters. The van der Waals surface area contributed by atoms with Crippen LogP contribution in [-0.4, -0.2) is 71.1 Å². The van der Waals surface area contributed by atoms with E-state index in [4.69, 9.17) is 4.74 Å². The van der Waals surface area contributed by atoms with Gasteiger partial charge in [0.05, 0.1) is 0 Å². The van der Waals surface area contributed by atoms with Gasteiger partial charge in [-0.2, -0.15) is 13.2 Å². The highest BCUT2D eigenvalue weighted by Crippen LogP contribution is 2.53. The van der Waals surface area contributed by atoms with Gasteiger partial charge in [-0.1, -0.05) is 6.92 Å². The Labute approximate surface area is 153 Å². The first kappa shape index (κ1) is 21.3. The quantitative estimate of drug-likeness (QED) is 0.815. The molecule has 1 heterocycles. The summed E-state index contributed by atoms with van der Waals surface area (Å²) in [5.41, 5.74) is -3.65. The van der Waals surface area contributed by atoms with E-state index in [1.807, 2.05) is 27.7 Å². The van der Waals surface area contributed by atoms with Crippen LogP contribution in [0.15, 0.2) is 0 Å². The maximum absolute atomic E-state index is 13.2. The monoisotopic (exact) mass is 380 g/mol. The first-order chi connectivity index (χ1) is 11.8. The lowest BCUT2D eigenvalue weighted by atomic mass is 9.81. The maximum atomic E-state index is 13.2. The predicted octanol–water partition coefficient (Wildman–Crippen LogP) is 3.41. The minimum absolute atomic E-state index is 0.234. The van der Waals surface area contributed by atoms with Crippen molar-refractivity contribution in [2.24, 2.45) is 5.41 Å². The molecular formula is C18H31F3N2O3. The van der Waals surface area contributed by atoms with Crippen molar-refractivity contribution in [2.45, 2.75) is 70.8 Å². The number of hydrogen-bond acceptors (Lipinski definition) is 4. The molecular weight excluding hydrogens is 349 g/mol. The number of alkyl halides is 3. The lowest BCUT2D eigenvalue weighted by Crippen LogP contribution is -2.52. The Morgan fingerprint density at radius 2 is 1.69 bits per heavy atom. The molecule has 1 N–H and O–H groups in total. The van der Waals surface area contributed by atoms with Crippen LogP contribution in [0.2, 0.25) is 0 Å². The second-order valence-corrected chi connectivity index (χ2v) is 8.80. The minimum atomic E-state index is -4.58. The lowest BCUT2D eigenvalue weighted by molar-refractivity contribution is -0.260. The lowest BCUT2D eigenvalue weighted by Gasteiger charge is -2.40. The van der Waals surface area contributed by atoms with Crippen LogP contribution in [0.3, 0.4) is 0 Å². The molecule has 0 aromatic rings. The molecule has 1 saturated carbocycles. The van der Waals surface area contributed by atoms with E-state index in [0.717, 1.165) is 0 Å². The third-order valence-corrected chi connectivity index (χ3v) is 5.60. The van der Waals surface area contributed by atoms with Crippen LogP contribution in [-0.2, 0) is 4.74 Å². The van der Waals surface area contributed by atoms with Crippen molar-refractivity contribution in [2.75, 3.05) is 32.7 Å². The molecule has 1 amide bonds. The standard InChI is InChI=1S/C18H31F3N2O3/c1-5-16(6-7-17(25,12-16)18(19,20)21)13-22-8-10-23(11-9-22)14(24)26-15(2,3)4/h25H,5-13H2,1-4H3. The molecule has 1 saturated heterocycles. The number of piperazine rings is 1. The highest BCUT2D eigenvalue weighted by Gasteiger charge is 2.61. The molecule has 2 aliphatic rings. The van der Waals surface area contributed by atoms with Crippen LogP contribution in [0.4, 0.5) is 18.0 Å². The van der Waals surface area contributed by atoms with E-state index in [1.54, 1.807) is 4.90 Å². The summed E-state index contributed by atoms with van der Waals surface area (Å²) in [7, 11) is 0. The molecule has 0 bridgehead atoms. The highest BCUT2D eigenvalue weighted by molar-refractivity contribution is 5.68. The molecule has 1 aliphatic heterocycles. The van der Waals surface area contributed by atoms with Gasteiger partial charge in [-0.25, -0.2) is 4.79 Å². The normalized spacial score (nSPS) is 31.3. The van der Waals surface area contributed by atoms with E-state index >= 15 is 0 Å². The molecule has 5 nitrogen and oxygen atoms in total. The fraction of sp³-hybridized carbons (Fsp3) is 0.944. The summed E-state index contributed by atoms with van der Waals surface area (Å²) < 4.78 is 44.8. The number of aliphatic hydroxyl groups is 1. The SMILES string of the molecule is CCC1(CN2CCN(C(=O)OC(C)(C)C)CC2)CCC(O)(C(F)(F)F)C1. The summed E-state index contributed by atoms with van der Waals surface area (Å²) in [6.07, 6.45) is -4.45. The number of rotatable bonds is 3. The molecule has 152 valence electrons. The van der Waals surface area contributed by atoms with E-state index in [2.05, 4.69) is 4.90 Å². The molecule has 0 spiro atoms. The van der Waals surface area contributed by atoms with Gasteiger partial charge in [-0.3, -0.25) is 4.90 Å². The Morgan fingerprint density at radius 1 is 1.12 bits per heavy atom. The average Bonchev–Trinajstić information content (AvgIpc) is 2.85. The van der Waals surface area contributed by atoms with Crippen LogP contribution in [0, 0.1) is 5.41 Å². The van der Waals surface area contributed by atoms with Crippen molar-refractivity contribution in [3.8, 4) is 0 Å². The summed E-state index contributed by atoms with van der Waals surface area (Å²) in [6, 6.07) is 0. The number of carbonyl (C=O) groups is 1. The molecule has 0 aromatic heterocycles. The van der Waals surface area contributed by atoms with E-state index in [9.17, 15) is 23.1 Å². The van der Waals surface area contributed by atoms with Crippen molar-refractivity contribution < 1.29 is 27.8 Å². The molecule has 0 radical (unpaired) electrons. The fourth-order valence-electron chi connectivity index (χ4n) is 3.95. The van der Waals surface area contributed by atoms with Gasteiger partial charge in [0, 0.05) is 32.7 Å². The van der Waals surface area contributed by atoms with Crippen molar-refractivity contribution >= 4 is 6.09 Å². The third-order valence-electron chi connectivity index (χ3n) is 5.60. The van der Waals surface area contributed by atoms with Gasteiger partial charge in [-0.15, -0.1) is 0 Å². The van der Waals surface area contributed by atoms with Gasteiger partial charge in [0.15, 0.2) is 5.60 Å². The molecule has 0 aromatic carbocycles. The summed E-state index contributed by atoms with van der Waals surface area (Å²) in [6.45, 7) is 10.0. The third kappa shape index (κ3) is 4.82. The Kier molecular flexibility index (Phi) is 5.88. The summed E-state index contributed by atoms with van der Waals surface area (Å²) >= 11 is 0. The summed E-state index contributed by atoms with van der Waals surface area (Å²) in [5, 5.41) is 10.0. The number of carbonyl (C=O) groups excluding carboxylic acids is 1. The second-order valence-electron chi connectivity index (χ2n) is 8.80. The molecule has 26 heavy (non-hydrogen) atoms. The topological polar surface area (TPSA) is 53.0 Å². The van der Waals surface area contributed by atoms with E-state index in [1.165, 1.54) is 0 Å². The molecule has 2 rings (SSSR count). The number of nitrogens with zero attached hydrogens (tertiary/aromatic N) is 2. The van der Waals surface area contributed by atoms with Crippen LogP contribution < -0.4 is 0 Å². The Morgan fingerprint density at radius 3 is 2.12 bits per heavy atom. The van der Waals surface area contributed by atoms with Crippen LogP contribution in [0.25, 0.3) is 0 Å². The van der Waals surface area contributed by atoms with Gasteiger partial charge in [-0.05, 0) is 51.9 Å². The van der Waals surface area contributed by atoms with Crippen molar-refractivity contribution in [1.29, 1.82) is 0 Å². The zero-order valence-corrected chi connectivity index (χ0v) is 16.2. The highest BCUT2D eigenvalue weighted by atomic mass is 19.4. The summed E-state index contributed by atoms with van der Waals surface area (Å²) in [4.78, 5) is 15.9. The van der Waals surface area contributed by atoms with Crippen LogP contribution >= 0.6 is 0 Å². The number of hydrogen-bond donors (Lipinski definition) is 1. The minimum Gasteiger partial charge on any atom is -0.444 e. The Hall–Kier alpha value is -1.02. The zero-order chi connectivity index (χ0) is 19.8. The molecule has 1 aliphatic carbocycles. The van der Waals surface area contributed by atoms with Gasteiger partial charge in [0.1, 0.15) is 5.60 Å². The zero-order valence-electron chi connectivity index (χ0n) is 16.2. The van der Waals surface area contributed by atoms with Crippen LogP contribution in [0.5, 0.6) is 0 Å². The van der Waals surface area contributed by atoms with E-state index in [-0.39, 0.29) is 18.9 Å². The Balaban J connectivity index is 1.91. The predicted molar refractivity (Wildman–Crippen MR) is 91.8 cm³/mol. The van der Waals surface area contributed by atoms with Gasteiger partial charge >= 0.3 is 12.3 Å². The average molecular weight is 380 g/mol. The van der Waals surface area contributed by atoms with Gasteiger partial charge in [0.25, 0.3) is 0 Å². The first-order valence-corrected chi connectivity index (χ1v) is 9.29. The number of amides is 1. The first-order valence-electron chi connectivity index (χ1n) is 9.29. The smallest absolute Gasteiger partial charge is 0.417 e. The van der Waals surface area contributed by atoms with Crippen LogP contribution in [0.1, 0.15) is 53.4 Å². The van der Waals surface area contributed by atoms with Crippen molar-refractivity contribution in [1.82, 2.24) is 9.80 Å². The largest absolute Gasteiger partial charge is 0.444 e. The molecule has 2 unspecified atom stereocenters. The number of ether oxygens (including phenoxy) is 1. The Bertz CT molecular complexity index is 513. The fourth-order valence-corrected chi connectivity index (χ4v) is 3.95. The molecule has 8 heteroatoms. The van der Waals surface area contributed by atoms with Gasteiger partial charge < -0.3 is 14.7 Å². The second kappa shape index (κ2) is 7.19. The molecule has 2 fully saturated rings.